The van der Waals surface area contributed by atoms with E-state index in [0.29, 0.717) is 0 Å². The number of hydrogen-bond acceptors (Lipinski definition) is 3. The van der Waals surface area contributed by atoms with Crippen LogP contribution in [0.5, 0.6) is 0 Å². The summed E-state index contributed by atoms with van der Waals surface area (Å²) in [6.07, 6.45) is 0.0371. The van der Waals surface area contributed by atoms with Crippen molar-refractivity contribution in [3.8, 4) is 0 Å². The number of nitrogens with one attached hydrogen (secondary N) is 3. The van der Waals surface area contributed by atoms with Gasteiger partial charge in [-0.2, -0.15) is 0 Å². The quantitative estimate of drug-likeness (QED) is 0.558. The largest absolute Gasteiger partial charge is 0.481 e. The van der Waals surface area contributed by atoms with Gasteiger partial charge in [-0.1, -0.05) is 20.8 Å². The van der Waals surface area contributed by atoms with E-state index >= 15 is 0 Å². The van der Waals surface area contributed by atoms with Crippen molar-refractivity contribution in [2.75, 3.05) is 13.6 Å². The zero-order valence-corrected chi connectivity index (χ0v) is 11.9. The van der Waals surface area contributed by atoms with Crippen LogP contribution in [0.3, 0.4) is 0 Å². The van der Waals surface area contributed by atoms with E-state index in [0.717, 1.165) is 0 Å². The van der Waals surface area contributed by atoms with E-state index in [-0.39, 0.29) is 30.7 Å². The normalized spacial score (nSPS) is 12.4. The molecular formula is C12H23N3O4. The molecule has 0 aromatic heterocycles. The topological polar surface area (TPSA) is 108 Å². The molecule has 110 valence electrons. The van der Waals surface area contributed by atoms with Crippen LogP contribution in [0.2, 0.25) is 0 Å². The molecule has 0 rings (SSSR count). The van der Waals surface area contributed by atoms with Crippen LogP contribution in [-0.2, 0) is 9.59 Å². The molecule has 7 heteroatoms. The van der Waals surface area contributed by atoms with Crippen LogP contribution in [0.25, 0.3) is 0 Å². The molecule has 0 radical (unpaired) electrons. The van der Waals surface area contributed by atoms with Crippen molar-refractivity contribution in [2.24, 2.45) is 5.41 Å². The highest BCUT2D eigenvalue weighted by molar-refractivity contribution is 5.78. The van der Waals surface area contributed by atoms with Gasteiger partial charge in [0.05, 0.1) is 6.42 Å². The fraction of sp³-hybridized carbons (Fsp3) is 0.750. The third-order valence-corrected chi connectivity index (χ3v) is 2.65. The third kappa shape index (κ3) is 8.01. The number of amides is 3. The van der Waals surface area contributed by atoms with Crippen molar-refractivity contribution in [3.05, 3.63) is 0 Å². The molecule has 19 heavy (non-hydrogen) atoms. The van der Waals surface area contributed by atoms with Crippen molar-refractivity contribution in [1.82, 2.24) is 16.0 Å². The summed E-state index contributed by atoms with van der Waals surface area (Å²) in [4.78, 5) is 33.3. The summed E-state index contributed by atoms with van der Waals surface area (Å²) in [7, 11) is 1.52. The average molecular weight is 273 g/mol. The highest BCUT2D eigenvalue weighted by Gasteiger charge is 2.28. The Balaban J connectivity index is 4.24. The molecule has 0 saturated heterocycles. The molecular weight excluding hydrogens is 250 g/mol. The van der Waals surface area contributed by atoms with Gasteiger partial charge in [-0.3, -0.25) is 9.59 Å². The standard InChI is InChI=1S/C12H23N3O4/c1-12(2,3)8(7-10(17)18)15-11(19)14-6-5-9(16)13-4/h8H,5-7H2,1-4H3,(H,13,16)(H,17,18)(H2,14,15,19). The fourth-order valence-corrected chi connectivity index (χ4v) is 1.37. The molecule has 1 atom stereocenters. The zero-order chi connectivity index (χ0) is 15.1. The van der Waals surface area contributed by atoms with Crippen molar-refractivity contribution in [2.45, 2.75) is 39.7 Å². The lowest BCUT2D eigenvalue weighted by Gasteiger charge is -2.30. The number of hydrogen-bond donors (Lipinski definition) is 4. The van der Waals surface area contributed by atoms with Gasteiger partial charge in [-0.15, -0.1) is 0 Å². The molecule has 1 unspecified atom stereocenters. The van der Waals surface area contributed by atoms with Crippen LogP contribution in [0.4, 0.5) is 4.79 Å². The maximum absolute atomic E-state index is 11.6. The number of carboxylic acid groups (broad SMARTS) is 1. The van der Waals surface area contributed by atoms with Gasteiger partial charge in [-0.05, 0) is 5.41 Å². The molecule has 4 N–H and O–H groups in total. The van der Waals surface area contributed by atoms with Gasteiger partial charge in [0.15, 0.2) is 0 Å². The Kier molecular flexibility index (Phi) is 6.89. The van der Waals surface area contributed by atoms with Gasteiger partial charge in [0.2, 0.25) is 5.91 Å². The Hall–Kier alpha value is -1.79. The van der Waals surface area contributed by atoms with Gasteiger partial charge in [0.1, 0.15) is 0 Å². The summed E-state index contributed by atoms with van der Waals surface area (Å²) in [5.74, 6) is -1.14. The van der Waals surface area contributed by atoms with Gasteiger partial charge in [0.25, 0.3) is 0 Å². The second kappa shape index (κ2) is 7.60. The summed E-state index contributed by atoms with van der Waals surface area (Å²) in [6, 6.07) is -0.949. The molecule has 3 amide bonds. The van der Waals surface area contributed by atoms with E-state index in [9.17, 15) is 14.4 Å². The summed E-state index contributed by atoms with van der Waals surface area (Å²) in [5.41, 5.74) is -0.365. The Morgan fingerprint density at radius 1 is 1.21 bits per heavy atom. The van der Waals surface area contributed by atoms with E-state index in [4.69, 9.17) is 5.11 Å². The van der Waals surface area contributed by atoms with Gasteiger partial charge in [0, 0.05) is 26.1 Å². The first-order valence-electron chi connectivity index (χ1n) is 6.13. The Bertz CT molecular complexity index is 336. The van der Waals surface area contributed by atoms with Crippen LogP contribution in [0, 0.1) is 5.41 Å². The van der Waals surface area contributed by atoms with Crippen LogP contribution < -0.4 is 16.0 Å². The van der Waals surface area contributed by atoms with Crippen molar-refractivity contribution in [1.29, 1.82) is 0 Å². The van der Waals surface area contributed by atoms with Crippen molar-refractivity contribution < 1.29 is 19.5 Å². The minimum atomic E-state index is -0.967. The lowest BCUT2D eigenvalue weighted by Crippen LogP contribution is -2.49. The number of rotatable bonds is 6. The van der Waals surface area contributed by atoms with Crippen LogP contribution in [-0.4, -0.2) is 42.6 Å². The van der Waals surface area contributed by atoms with E-state index in [1.807, 2.05) is 20.8 Å². The first-order valence-corrected chi connectivity index (χ1v) is 6.13. The number of carbonyl (C=O) groups excluding carboxylic acids is 2. The molecule has 0 heterocycles. The van der Waals surface area contributed by atoms with Gasteiger partial charge >= 0.3 is 12.0 Å². The Morgan fingerprint density at radius 3 is 2.21 bits per heavy atom. The molecule has 0 aliphatic rings. The Morgan fingerprint density at radius 2 is 1.79 bits per heavy atom. The highest BCUT2D eigenvalue weighted by Crippen LogP contribution is 2.21. The molecule has 0 aliphatic carbocycles. The van der Waals surface area contributed by atoms with Crippen LogP contribution >= 0.6 is 0 Å². The zero-order valence-electron chi connectivity index (χ0n) is 11.9. The number of urea groups is 1. The monoisotopic (exact) mass is 273 g/mol. The van der Waals surface area contributed by atoms with E-state index in [1.54, 1.807) is 0 Å². The SMILES string of the molecule is CNC(=O)CCNC(=O)NC(CC(=O)O)C(C)(C)C. The minimum Gasteiger partial charge on any atom is -0.481 e. The molecule has 0 spiro atoms. The van der Waals surface area contributed by atoms with E-state index in [2.05, 4.69) is 16.0 Å². The van der Waals surface area contributed by atoms with Gasteiger partial charge in [-0.25, -0.2) is 4.79 Å². The first kappa shape index (κ1) is 17.2. The minimum absolute atomic E-state index is 0.146. The summed E-state index contributed by atoms with van der Waals surface area (Å²) in [5, 5.41) is 16.4. The molecule has 7 nitrogen and oxygen atoms in total. The molecule has 0 saturated carbocycles. The second-order valence-electron chi connectivity index (χ2n) is 5.34. The first-order chi connectivity index (χ1) is 8.66. The Labute approximate surface area is 113 Å². The molecule has 0 bridgehead atoms. The van der Waals surface area contributed by atoms with Crippen molar-refractivity contribution >= 4 is 17.9 Å². The molecule has 0 fully saturated rings. The molecule has 0 aliphatic heterocycles. The summed E-state index contributed by atoms with van der Waals surface area (Å²) in [6.45, 7) is 5.76. The summed E-state index contributed by atoms with van der Waals surface area (Å²) < 4.78 is 0. The average Bonchev–Trinajstić information content (AvgIpc) is 2.26. The number of carbonyl (C=O) groups is 3. The fourth-order valence-electron chi connectivity index (χ4n) is 1.37. The predicted octanol–water partition coefficient (Wildman–Crippen LogP) is 0.311. The van der Waals surface area contributed by atoms with E-state index < -0.39 is 18.0 Å². The van der Waals surface area contributed by atoms with Crippen molar-refractivity contribution in [3.63, 3.8) is 0 Å². The smallest absolute Gasteiger partial charge is 0.315 e. The third-order valence-electron chi connectivity index (χ3n) is 2.65. The maximum atomic E-state index is 11.6. The number of aliphatic carboxylic acids is 1. The lowest BCUT2D eigenvalue weighted by atomic mass is 9.85. The number of carboxylic acids is 1. The summed E-state index contributed by atoms with van der Waals surface area (Å²) >= 11 is 0. The lowest BCUT2D eigenvalue weighted by molar-refractivity contribution is -0.138. The molecule has 0 aromatic carbocycles. The molecule has 0 aromatic rings. The highest BCUT2D eigenvalue weighted by atomic mass is 16.4. The van der Waals surface area contributed by atoms with Crippen LogP contribution in [0.15, 0.2) is 0 Å². The second-order valence-corrected chi connectivity index (χ2v) is 5.34. The van der Waals surface area contributed by atoms with Crippen LogP contribution in [0.1, 0.15) is 33.6 Å². The van der Waals surface area contributed by atoms with Gasteiger partial charge < -0.3 is 21.1 Å². The van der Waals surface area contributed by atoms with E-state index in [1.165, 1.54) is 7.05 Å². The predicted molar refractivity (Wildman–Crippen MR) is 70.7 cm³/mol. The maximum Gasteiger partial charge on any atom is 0.315 e.